The number of amides is 1. The summed E-state index contributed by atoms with van der Waals surface area (Å²) in [6.07, 6.45) is 1.61. The van der Waals surface area contributed by atoms with E-state index in [4.69, 9.17) is 16.9 Å². The maximum atomic E-state index is 14.7. The number of aromatic nitrogens is 1. The highest BCUT2D eigenvalue weighted by molar-refractivity contribution is 6.00. The second-order valence-electron chi connectivity index (χ2n) is 6.56. The van der Waals surface area contributed by atoms with Crippen LogP contribution < -0.4 is 22.3 Å². The number of nitrogen functional groups attached to an aromatic ring is 2. The molecule has 0 saturated carbocycles. The second-order valence-corrected chi connectivity index (χ2v) is 6.56. The van der Waals surface area contributed by atoms with Gasteiger partial charge in [-0.1, -0.05) is 18.2 Å². The highest BCUT2D eigenvalue weighted by Gasteiger charge is 2.11. The van der Waals surface area contributed by atoms with E-state index in [1.807, 2.05) is 0 Å². The topological polar surface area (TPSA) is 127 Å². The Balaban J connectivity index is 1.97. The van der Waals surface area contributed by atoms with E-state index in [1.165, 1.54) is 23.6 Å². The molecule has 1 heterocycles. The highest BCUT2D eigenvalue weighted by atomic mass is 19.1. The van der Waals surface area contributed by atoms with Gasteiger partial charge in [-0.05, 0) is 35.4 Å². The van der Waals surface area contributed by atoms with Crippen molar-refractivity contribution in [3.8, 4) is 11.1 Å². The van der Waals surface area contributed by atoms with Gasteiger partial charge >= 0.3 is 0 Å². The minimum atomic E-state index is -0.588. The summed E-state index contributed by atoms with van der Waals surface area (Å²) in [6, 6.07) is 12.7. The lowest BCUT2D eigenvalue weighted by atomic mass is 10.0. The average Bonchev–Trinajstić information content (AvgIpc) is 2.66. The standard InChI is InChI=1S/C21H20FN5O2/c1-12(28)26-18-4-2-3-15(20(18)22)11-27-10-14(6-8-19(27)29)13-5-7-16(21(24)25)17(23)9-13/h2-10H,11,23H2,1H3,(H3,24,25)(H,26,28). The van der Waals surface area contributed by atoms with E-state index in [1.54, 1.807) is 42.6 Å². The fourth-order valence-corrected chi connectivity index (χ4v) is 2.98. The zero-order valence-corrected chi connectivity index (χ0v) is 15.7. The van der Waals surface area contributed by atoms with Crippen LogP contribution in [0.4, 0.5) is 15.8 Å². The summed E-state index contributed by atoms with van der Waals surface area (Å²) < 4.78 is 16.0. The van der Waals surface area contributed by atoms with Gasteiger partial charge in [-0.2, -0.15) is 0 Å². The number of nitrogens with two attached hydrogens (primary N) is 2. The number of pyridine rings is 1. The number of nitrogens with one attached hydrogen (secondary N) is 2. The Hall–Kier alpha value is -3.94. The number of nitrogens with zero attached hydrogens (tertiary/aromatic N) is 1. The molecule has 1 amide bonds. The molecule has 2 aromatic carbocycles. The van der Waals surface area contributed by atoms with Crippen LogP contribution in [0.5, 0.6) is 0 Å². The van der Waals surface area contributed by atoms with Crippen LogP contribution in [0.3, 0.4) is 0 Å². The van der Waals surface area contributed by atoms with Crippen molar-refractivity contribution in [2.75, 3.05) is 11.1 Å². The number of benzene rings is 2. The Morgan fingerprint density at radius 2 is 1.90 bits per heavy atom. The van der Waals surface area contributed by atoms with E-state index in [0.29, 0.717) is 16.8 Å². The Morgan fingerprint density at radius 1 is 1.17 bits per heavy atom. The number of halogens is 1. The third-order valence-corrected chi connectivity index (χ3v) is 4.39. The second kappa shape index (κ2) is 7.97. The Morgan fingerprint density at radius 3 is 2.55 bits per heavy atom. The van der Waals surface area contributed by atoms with Crippen molar-refractivity contribution in [2.45, 2.75) is 13.5 Å². The molecule has 1 aromatic heterocycles. The van der Waals surface area contributed by atoms with Gasteiger partial charge < -0.3 is 21.4 Å². The van der Waals surface area contributed by atoms with E-state index in [0.717, 1.165) is 5.56 Å². The van der Waals surface area contributed by atoms with E-state index >= 15 is 0 Å². The Labute approximate surface area is 166 Å². The van der Waals surface area contributed by atoms with Crippen molar-refractivity contribution in [1.29, 1.82) is 5.41 Å². The lowest BCUT2D eigenvalue weighted by molar-refractivity contribution is -0.114. The monoisotopic (exact) mass is 393 g/mol. The summed E-state index contributed by atoms with van der Waals surface area (Å²) >= 11 is 0. The third kappa shape index (κ3) is 4.32. The van der Waals surface area contributed by atoms with Gasteiger partial charge in [0.05, 0.1) is 12.2 Å². The molecule has 0 aliphatic rings. The molecule has 0 saturated heterocycles. The number of hydrogen-bond donors (Lipinski definition) is 4. The molecule has 0 fully saturated rings. The van der Waals surface area contributed by atoms with Crippen LogP contribution in [-0.4, -0.2) is 16.3 Å². The van der Waals surface area contributed by atoms with Crippen LogP contribution in [0.2, 0.25) is 0 Å². The molecule has 0 radical (unpaired) electrons. The summed E-state index contributed by atoms with van der Waals surface area (Å²) in [5.74, 6) is -1.10. The fourth-order valence-electron chi connectivity index (χ4n) is 2.98. The molecule has 0 aliphatic carbocycles. The van der Waals surface area contributed by atoms with Crippen molar-refractivity contribution in [1.82, 2.24) is 4.57 Å². The largest absolute Gasteiger partial charge is 0.398 e. The van der Waals surface area contributed by atoms with Crippen LogP contribution in [0, 0.1) is 11.2 Å². The minimum absolute atomic E-state index is 0.00700. The third-order valence-electron chi connectivity index (χ3n) is 4.39. The first kappa shape index (κ1) is 19.8. The maximum absolute atomic E-state index is 14.7. The number of hydrogen-bond acceptors (Lipinski definition) is 4. The smallest absolute Gasteiger partial charge is 0.250 e. The van der Waals surface area contributed by atoms with Crippen LogP contribution in [0.25, 0.3) is 11.1 Å². The zero-order valence-electron chi connectivity index (χ0n) is 15.7. The molecule has 0 spiro atoms. The number of carbonyl (C=O) groups excluding carboxylic acids is 1. The van der Waals surface area contributed by atoms with E-state index in [-0.39, 0.29) is 35.1 Å². The lowest BCUT2D eigenvalue weighted by Gasteiger charge is -2.12. The predicted molar refractivity (Wildman–Crippen MR) is 111 cm³/mol. The Bertz CT molecular complexity index is 1170. The van der Waals surface area contributed by atoms with Gasteiger partial charge in [0.2, 0.25) is 5.91 Å². The molecule has 0 bridgehead atoms. The van der Waals surface area contributed by atoms with Gasteiger partial charge in [-0.15, -0.1) is 0 Å². The van der Waals surface area contributed by atoms with Crippen LogP contribution in [0.1, 0.15) is 18.1 Å². The molecule has 0 unspecified atom stereocenters. The van der Waals surface area contributed by atoms with E-state index in [9.17, 15) is 14.0 Å². The average molecular weight is 393 g/mol. The zero-order chi connectivity index (χ0) is 21.1. The molecule has 148 valence electrons. The molecule has 0 atom stereocenters. The first-order valence-corrected chi connectivity index (χ1v) is 8.76. The molecule has 8 heteroatoms. The summed E-state index contributed by atoms with van der Waals surface area (Å²) in [6.45, 7) is 1.29. The summed E-state index contributed by atoms with van der Waals surface area (Å²) in [5.41, 5.74) is 13.7. The van der Waals surface area contributed by atoms with Gasteiger partial charge in [-0.25, -0.2) is 4.39 Å². The van der Waals surface area contributed by atoms with Gasteiger partial charge in [0, 0.05) is 36.0 Å². The first-order valence-electron chi connectivity index (χ1n) is 8.76. The number of rotatable bonds is 5. The molecular weight excluding hydrogens is 373 g/mol. The minimum Gasteiger partial charge on any atom is -0.398 e. The van der Waals surface area contributed by atoms with Gasteiger partial charge in [0.15, 0.2) is 5.82 Å². The van der Waals surface area contributed by atoms with Crippen molar-refractivity contribution in [2.24, 2.45) is 5.73 Å². The summed E-state index contributed by atoms with van der Waals surface area (Å²) in [4.78, 5) is 23.5. The molecular formula is C21H20FN5O2. The molecule has 6 N–H and O–H groups in total. The normalized spacial score (nSPS) is 10.6. The quantitative estimate of drug-likeness (QED) is 0.302. The van der Waals surface area contributed by atoms with Crippen molar-refractivity contribution >= 4 is 23.1 Å². The van der Waals surface area contributed by atoms with Gasteiger partial charge in [0.25, 0.3) is 5.56 Å². The number of amidine groups is 1. The first-order chi connectivity index (χ1) is 13.8. The summed E-state index contributed by atoms with van der Waals surface area (Å²) in [5, 5.41) is 9.94. The molecule has 29 heavy (non-hydrogen) atoms. The lowest BCUT2D eigenvalue weighted by Crippen LogP contribution is -2.20. The highest BCUT2D eigenvalue weighted by Crippen LogP contribution is 2.24. The van der Waals surface area contributed by atoms with Gasteiger partial charge in [0.1, 0.15) is 5.84 Å². The fraction of sp³-hybridized carbons (Fsp3) is 0.0952. The molecule has 0 aliphatic heterocycles. The molecule has 3 aromatic rings. The van der Waals surface area contributed by atoms with Crippen LogP contribution in [0.15, 0.2) is 59.5 Å². The van der Waals surface area contributed by atoms with Crippen LogP contribution >= 0.6 is 0 Å². The van der Waals surface area contributed by atoms with Gasteiger partial charge in [-0.3, -0.25) is 15.0 Å². The van der Waals surface area contributed by atoms with Crippen molar-refractivity contribution < 1.29 is 9.18 Å². The molecule has 7 nitrogen and oxygen atoms in total. The van der Waals surface area contributed by atoms with E-state index < -0.39 is 5.82 Å². The molecule has 3 rings (SSSR count). The van der Waals surface area contributed by atoms with E-state index in [2.05, 4.69) is 5.32 Å². The Kier molecular flexibility index (Phi) is 5.45. The number of carbonyl (C=O) groups is 1. The number of anilines is 2. The maximum Gasteiger partial charge on any atom is 0.250 e. The van der Waals surface area contributed by atoms with Crippen molar-refractivity contribution in [3.63, 3.8) is 0 Å². The van der Waals surface area contributed by atoms with Crippen LogP contribution in [-0.2, 0) is 11.3 Å². The van der Waals surface area contributed by atoms with Crippen molar-refractivity contribution in [3.05, 3.63) is 82.0 Å². The summed E-state index contributed by atoms with van der Waals surface area (Å²) in [7, 11) is 0. The predicted octanol–water partition coefficient (Wildman–Crippen LogP) is 2.53. The SMILES string of the molecule is CC(=O)Nc1cccc(Cn2cc(-c3ccc(C(=N)N)c(N)c3)ccc2=O)c1F.